The molecule has 17 heavy (non-hydrogen) atoms. The molecule has 0 fully saturated rings. The normalized spacial score (nSPS) is 12.6. The highest BCUT2D eigenvalue weighted by Gasteiger charge is 2.11. The summed E-state index contributed by atoms with van der Waals surface area (Å²) in [6.45, 7) is 7.18. The van der Waals surface area contributed by atoms with Crippen molar-refractivity contribution in [2.75, 3.05) is 13.6 Å². The first-order valence-corrected chi connectivity index (χ1v) is 6.83. The van der Waals surface area contributed by atoms with Crippen LogP contribution >= 0.6 is 22.9 Å². The van der Waals surface area contributed by atoms with E-state index in [1.165, 1.54) is 4.88 Å². The molecule has 1 heterocycles. The largest absolute Gasteiger partial charge is 0.356 e. The van der Waals surface area contributed by atoms with Crippen molar-refractivity contribution in [2.24, 2.45) is 4.99 Å². The Morgan fingerprint density at radius 3 is 2.59 bits per heavy atom. The molecular formula is C12H20ClN3S. The molecule has 0 aromatic carbocycles. The lowest BCUT2D eigenvalue weighted by molar-refractivity contribution is 0.502. The zero-order valence-corrected chi connectivity index (χ0v) is 12.4. The van der Waals surface area contributed by atoms with Crippen LogP contribution in [0.25, 0.3) is 0 Å². The Hall–Kier alpha value is -0.740. The van der Waals surface area contributed by atoms with Gasteiger partial charge in [0.1, 0.15) is 0 Å². The summed E-state index contributed by atoms with van der Waals surface area (Å²) < 4.78 is 0.845. The maximum Gasteiger partial charge on any atom is 0.191 e. The van der Waals surface area contributed by atoms with Gasteiger partial charge >= 0.3 is 0 Å². The summed E-state index contributed by atoms with van der Waals surface area (Å²) in [6, 6.07) is 4.00. The van der Waals surface area contributed by atoms with Crippen LogP contribution in [0.15, 0.2) is 17.1 Å². The van der Waals surface area contributed by atoms with Gasteiger partial charge in [0.2, 0.25) is 0 Å². The van der Waals surface area contributed by atoms with Gasteiger partial charge < -0.3 is 10.6 Å². The van der Waals surface area contributed by atoms with E-state index in [0.29, 0.717) is 0 Å². The van der Waals surface area contributed by atoms with E-state index >= 15 is 0 Å². The minimum Gasteiger partial charge on any atom is -0.356 e. The van der Waals surface area contributed by atoms with E-state index in [1.807, 2.05) is 6.07 Å². The van der Waals surface area contributed by atoms with E-state index < -0.39 is 0 Å². The molecule has 0 saturated heterocycles. The van der Waals surface area contributed by atoms with Crippen molar-refractivity contribution in [2.45, 2.75) is 32.7 Å². The van der Waals surface area contributed by atoms with Crippen LogP contribution in [0.2, 0.25) is 4.34 Å². The Kier molecular flexibility index (Phi) is 5.28. The van der Waals surface area contributed by atoms with Crippen molar-refractivity contribution in [3.63, 3.8) is 0 Å². The van der Waals surface area contributed by atoms with Gasteiger partial charge in [0, 0.05) is 24.0 Å². The van der Waals surface area contributed by atoms with E-state index in [-0.39, 0.29) is 5.54 Å². The van der Waals surface area contributed by atoms with E-state index in [2.05, 4.69) is 42.5 Å². The van der Waals surface area contributed by atoms with Gasteiger partial charge in [0.15, 0.2) is 5.96 Å². The average molecular weight is 274 g/mol. The molecule has 0 amide bonds. The number of aliphatic imine (C=N–C) groups is 1. The summed E-state index contributed by atoms with van der Waals surface area (Å²) in [5, 5.41) is 6.60. The van der Waals surface area contributed by atoms with Gasteiger partial charge in [0.25, 0.3) is 0 Å². The van der Waals surface area contributed by atoms with Gasteiger partial charge in [-0.05, 0) is 39.3 Å². The second-order valence-corrected chi connectivity index (χ2v) is 6.63. The molecule has 0 spiro atoms. The van der Waals surface area contributed by atoms with E-state index in [1.54, 1.807) is 18.4 Å². The van der Waals surface area contributed by atoms with Crippen LogP contribution in [0, 0.1) is 0 Å². The van der Waals surface area contributed by atoms with Crippen LogP contribution in [0.5, 0.6) is 0 Å². The van der Waals surface area contributed by atoms with Crippen LogP contribution in [0.1, 0.15) is 25.6 Å². The minimum atomic E-state index is 0.0219. The van der Waals surface area contributed by atoms with Gasteiger partial charge in [-0.2, -0.15) is 0 Å². The first-order chi connectivity index (χ1) is 7.90. The molecule has 0 atom stereocenters. The van der Waals surface area contributed by atoms with E-state index in [9.17, 15) is 0 Å². The lowest BCUT2D eigenvalue weighted by atomic mass is 10.1. The third kappa shape index (κ3) is 5.94. The molecule has 5 heteroatoms. The predicted octanol–water partition coefficient (Wildman–Crippen LogP) is 2.91. The fourth-order valence-corrected chi connectivity index (χ4v) is 2.41. The molecule has 0 unspecified atom stereocenters. The lowest BCUT2D eigenvalue weighted by Gasteiger charge is -2.23. The molecule has 0 aliphatic carbocycles. The Bertz CT molecular complexity index is 379. The number of hydrogen-bond donors (Lipinski definition) is 2. The molecule has 96 valence electrons. The Morgan fingerprint density at radius 1 is 1.41 bits per heavy atom. The maximum atomic E-state index is 5.88. The van der Waals surface area contributed by atoms with Gasteiger partial charge in [-0.3, -0.25) is 4.99 Å². The van der Waals surface area contributed by atoms with Gasteiger partial charge in [-0.15, -0.1) is 11.3 Å². The molecule has 0 saturated carbocycles. The minimum absolute atomic E-state index is 0.0219. The first-order valence-electron chi connectivity index (χ1n) is 5.64. The van der Waals surface area contributed by atoms with Crippen LogP contribution in [0.4, 0.5) is 0 Å². The average Bonchev–Trinajstić information content (AvgIpc) is 2.61. The number of hydrogen-bond acceptors (Lipinski definition) is 2. The predicted molar refractivity (Wildman–Crippen MR) is 77.3 cm³/mol. The van der Waals surface area contributed by atoms with E-state index in [4.69, 9.17) is 11.6 Å². The van der Waals surface area contributed by atoms with Crippen LogP contribution in [-0.4, -0.2) is 25.1 Å². The highest BCUT2D eigenvalue weighted by Crippen LogP contribution is 2.21. The van der Waals surface area contributed by atoms with Crippen molar-refractivity contribution in [3.05, 3.63) is 21.3 Å². The molecule has 1 rings (SSSR count). The summed E-state index contributed by atoms with van der Waals surface area (Å²) in [5.74, 6) is 0.833. The molecule has 0 radical (unpaired) electrons. The quantitative estimate of drug-likeness (QED) is 0.656. The third-order valence-corrected chi connectivity index (χ3v) is 3.30. The lowest BCUT2D eigenvalue weighted by Crippen LogP contribution is -2.47. The third-order valence-electron chi connectivity index (χ3n) is 2.01. The number of halogens is 1. The van der Waals surface area contributed by atoms with Gasteiger partial charge in [-0.1, -0.05) is 11.6 Å². The SMILES string of the molecule is CN=C(NCCc1ccc(Cl)s1)NC(C)(C)C. The molecule has 0 bridgehead atoms. The smallest absolute Gasteiger partial charge is 0.191 e. The summed E-state index contributed by atoms with van der Waals surface area (Å²) in [7, 11) is 1.78. The monoisotopic (exact) mass is 273 g/mol. The zero-order chi connectivity index (χ0) is 12.9. The molecule has 3 nitrogen and oxygen atoms in total. The van der Waals surface area contributed by atoms with Gasteiger partial charge in [-0.25, -0.2) is 0 Å². The first kappa shape index (κ1) is 14.3. The summed E-state index contributed by atoms with van der Waals surface area (Å²) in [5.41, 5.74) is 0.0219. The highest BCUT2D eigenvalue weighted by atomic mass is 35.5. The number of nitrogens with zero attached hydrogens (tertiary/aromatic N) is 1. The summed E-state index contributed by atoms with van der Waals surface area (Å²) >= 11 is 7.50. The molecule has 2 N–H and O–H groups in total. The molecule has 0 aliphatic heterocycles. The van der Waals surface area contributed by atoms with Crippen LogP contribution in [0.3, 0.4) is 0 Å². The van der Waals surface area contributed by atoms with Crippen molar-refractivity contribution >= 4 is 28.9 Å². The molecule has 1 aromatic rings. The zero-order valence-electron chi connectivity index (χ0n) is 10.8. The number of guanidine groups is 1. The van der Waals surface area contributed by atoms with Crippen molar-refractivity contribution in [1.29, 1.82) is 0 Å². The number of nitrogens with one attached hydrogen (secondary N) is 2. The fraction of sp³-hybridized carbons (Fsp3) is 0.583. The topological polar surface area (TPSA) is 36.4 Å². The second kappa shape index (κ2) is 6.26. The Balaban J connectivity index is 2.34. The molecule has 0 aliphatic rings. The Morgan fingerprint density at radius 2 is 2.12 bits per heavy atom. The van der Waals surface area contributed by atoms with Crippen LogP contribution < -0.4 is 10.6 Å². The number of thiophene rings is 1. The molecule has 1 aromatic heterocycles. The fourth-order valence-electron chi connectivity index (χ4n) is 1.32. The Labute approximate surface area is 112 Å². The van der Waals surface area contributed by atoms with Crippen LogP contribution in [-0.2, 0) is 6.42 Å². The number of rotatable bonds is 3. The van der Waals surface area contributed by atoms with Crippen molar-refractivity contribution in [1.82, 2.24) is 10.6 Å². The standard InChI is InChI=1S/C12H20ClN3S/c1-12(2,3)16-11(14-4)15-8-7-9-5-6-10(13)17-9/h5-6H,7-8H2,1-4H3,(H2,14,15,16). The summed E-state index contributed by atoms with van der Waals surface area (Å²) in [4.78, 5) is 5.47. The second-order valence-electron chi connectivity index (χ2n) is 4.83. The van der Waals surface area contributed by atoms with Crippen molar-refractivity contribution in [3.8, 4) is 0 Å². The van der Waals surface area contributed by atoms with Gasteiger partial charge in [0.05, 0.1) is 4.34 Å². The highest BCUT2D eigenvalue weighted by molar-refractivity contribution is 7.16. The van der Waals surface area contributed by atoms with Crippen molar-refractivity contribution < 1.29 is 0 Å². The summed E-state index contributed by atoms with van der Waals surface area (Å²) in [6.07, 6.45) is 0.961. The maximum absolute atomic E-state index is 5.88. The molecular weight excluding hydrogens is 254 g/mol. The van der Waals surface area contributed by atoms with E-state index in [0.717, 1.165) is 23.3 Å².